The first-order chi connectivity index (χ1) is 16.0. The van der Waals surface area contributed by atoms with Gasteiger partial charge in [0, 0.05) is 9.27 Å². The summed E-state index contributed by atoms with van der Waals surface area (Å²) in [7, 11) is 0. The van der Waals surface area contributed by atoms with Gasteiger partial charge in [-0.25, -0.2) is 0 Å². The van der Waals surface area contributed by atoms with Crippen LogP contribution in [0.2, 0.25) is 0 Å². The van der Waals surface area contributed by atoms with Crippen LogP contribution < -0.4 is 0 Å². The average molecular weight is 479 g/mol. The Kier molecular flexibility index (Phi) is 14.5. The fraction of sp³-hybridized carbons (Fsp3) is 0.414. The summed E-state index contributed by atoms with van der Waals surface area (Å²) >= 11 is 0. The molecule has 34 heavy (non-hydrogen) atoms. The first kappa shape index (κ1) is 31.1. The number of aldehydes is 1. The van der Waals surface area contributed by atoms with Gasteiger partial charge in [-0.05, 0) is 74.3 Å². The second kappa shape index (κ2) is 15.8. The van der Waals surface area contributed by atoms with E-state index >= 15 is 0 Å². The fourth-order valence-corrected chi connectivity index (χ4v) is 3.94. The lowest BCUT2D eigenvalue weighted by Gasteiger charge is -2.18. The molecular formula is C29H41F3O2. The van der Waals surface area contributed by atoms with Crippen LogP contribution in [0.4, 0.5) is 13.2 Å². The van der Waals surface area contributed by atoms with E-state index in [-0.39, 0.29) is 2.85 Å². The Balaban J connectivity index is -0.000000523. The molecule has 0 spiro atoms. The van der Waals surface area contributed by atoms with E-state index in [1.54, 1.807) is 13.0 Å². The first-order valence-electron chi connectivity index (χ1n) is 11.3. The maximum absolute atomic E-state index is 12.0. The second-order valence-electron chi connectivity index (χ2n) is 8.42. The van der Waals surface area contributed by atoms with Crippen LogP contribution in [0.3, 0.4) is 0 Å². The van der Waals surface area contributed by atoms with Crippen molar-refractivity contribution < 1.29 is 25.6 Å². The normalized spacial score (nSPS) is 16.4. The summed E-state index contributed by atoms with van der Waals surface area (Å²) in [6, 6.07) is 12.0. The lowest BCUT2D eigenvalue weighted by atomic mass is 9.86. The zero-order valence-corrected chi connectivity index (χ0v) is 21.0. The summed E-state index contributed by atoms with van der Waals surface area (Å²) in [5.74, 6) is 1.52. The van der Waals surface area contributed by atoms with Crippen molar-refractivity contribution in [2.24, 2.45) is 11.8 Å². The highest BCUT2D eigenvalue weighted by Gasteiger charge is 2.30. The zero-order valence-electron chi connectivity index (χ0n) is 21.0. The van der Waals surface area contributed by atoms with Crippen molar-refractivity contribution in [3.63, 3.8) is 0 Å². The Morgan fingerprint density at radius 1 is 1.09 bits per heavy atom. The lowest BCUT2D eigenvalue weighted by molar-refractivity contribution is -0.137. The summed E-state index contributed by atoms with van der Waals surface area (Å²) in [5.41, 5.74) is 8.85. The number of carbonyl (C=O) groups excluding carboxylic acids is 2. The highest BCUT2D eigenvalue weighted by molar-refractivity contribution is 5.44. The van der Waals surface area contributed by atoms with E-state index in [1.807, 2.05) is 6.79 Å². The highest BCUT2D eigenvalue weighted by Crippen LogP contribution is 2.37. The minimum atomic E-state index is -4.22. The molecule has 1 fully saturated rings. The minimum Gasteiger partial charge on any atom is -0.307 e. The van der Waals surface area contributed by atoms with E-state index in [4.69, 9.17) is 9.59 Å². The molecule has 0 amide bonds. The molecule has 1 saturated carbocycles. The number of rotatable bonds is 3. The van der Waals surface area contributed by atoms with Crippen LogP contribution in [0.15, 0.2) is 60.3 Å². The fourth-order valence-electron chi connectivity index (χ4n) is 3.94. The number of aryl methyl sites for hydroxylation is 3. The van der Waals surface area contributed by atoms with Crippen LogP contribution in [-0.2, 0) is 22.2 Å². The van der Waals surface area contributed by atoms with Crippen LogP contribution in [0.1, 0.15) is 63.8 Å². The summed E-state index contributed by atoms with van der Waals surface area (Å²) < 4.78 is 35.9. The van der Waals surface area contributed by atoms with E-state index in [0.717, 1.165) is 30.8 Å². The quantitative estimate of drug-likeness (QED) is 0.327. The van der Waals surface area contributed by atoms with Gasteiger partial charge < -0.3 is 9.59 Å². The summed E-state index contributed by atoms with van der Waals surface area (Å²) in [6.07, 6.45) is 1.61. The van der Waals surface area contributed by atoms with Gasteiger partial charge in [0.15, 0.2) is 0 Å². The van der Waals surface area contributed by atoms with Gasteiger partial charge >= 0.3 is 6.18 Å². The van der Waals surface area contributed by atoms with Gasteiger partial charge in [0.1, 0.15) is 13.1 Å². The molecule has 2 aromatic rings. The SMILES string of the molecule is C=C=C(Cc1ccc(C)c(C)c1)[C@@H]1CCCC1C.C=O.CC=O.Cc1cccc(C(F)(F)F)c1.[HH].[HH]. The summed E-state index contributed by atoms with van der Waals surface area (Å²) in [6.45, 7) is 15.7. The van der Waals surface area contributed by atoms with Crippen molar-refractivity contribution >= 4 is 13.1 Å². The molecule has 1 unspecified atom stereocenters. The largest absolute Gasteiger partial charge is 0.416 e. The number of alkyl halides is 3. The van der Waals surface area contributed by atoms with Gasteiger partial charge in [0.25, 0.3) is 0 Å². The molecule has 2 nitrogen and oxygen atoms in total. The van der Waals surface area contributed by atoms with E-state index < -0.39 is 11.7 Å². The van der Waals surface area contributed by atoms with Gasteiger partial charge in [-0.2, -0.15) is 13.2 Å². The van der Waals surface area contributed by atoms with Crippen molar-refractivity contribution in [2.45, 2.75) is 66.5 Å². The van der Waals surface area contributed by atoms with Crippen LogP contribution >= 0.6 is 0 Å². The molecule has 3 rings (SSSR count). The molecule has 0 heterocycles. The van der Waals surface area contributed by atoms with E-state index in [0.29, 0.717) is 11.5 Å². The van der Waals surface area contributed by atoms with E-state index in [1.165, 1.54) is 54.5 Å². The summed E-state index contributed by atoms with van der Waals surface area (Å²) in [5, 5.41) is 0. The highest BCUT2D eigenvalue weighted by atomic mass is 19.4. The Labute approximate surface area is 205 Å². The number of hydrogen-bond acceptors (Lipinski definition) is 2. The first-order valence-corrected chi connectivity index (χ1v) is 11.3. The van der Waals surface area contributed by atoms with Crippen molar-refractivity contribution in [1.82, 2.24) is 0 Å². The molecule has 190 valence electrons. The molecule has 0 radical (unpaired) electrons. The number of carbonyl (C=O) groups is 2. The molecule has 1 aliphatic carbocycles. The number of halogens is 3. The molecule has 0 bridgehead atoms. The molecule has 0 saturated heterocycles. The molecule has 0 aliphatic heterocycles. The molecule has 0 N–H and O–H groups in total. The maximum Gasteiger partial charge on any atom is 0.416 e. The summed E-state index contributed by atoms with van der Waals surface area (Å²) in [4.78, 5) is 16.8. The third-order valence-electron chi connectivity index (χ3n) is 5.85. The topological polar surface area (TPSA) is 34.1 Å². The third kappa shape index (κ3) is 10.8. The van der Waals surface area contributed by atoms with Gasteiger partial charge in [-0.1, -0.05) is 68.3 Å². The smallest absolute Gasteiger partial charge is 0.307 e. The Hall–Kier alpha value is -2.91. The van der Waals surface area contributed by atoms with Crippen molar-refractivity contribution in [3.8, 4) is 0 Å². The third-order valence-corrected chi connectivity index (χ3v) is 5.85. The molecular weight excluding hydrogens is 437 g/mol. The molecule has 2 aromatic carbocycles. The number of allylic oxidation sites excluding steroid dienone is 1. The van der Waals surface area contributed by atoms with Gasteiger partial charge in [-0.3, -0.25) is 0 Å². The zero-order chi connectivity index (χ0) is 26.3. The van der Waals surface area contributed by atoms with Crippen LogP contribution in [0, 0.1) is 32.6 Å². The standard InChI is InChI=1S/C18H24.C8H7F3.C2H4O.CH2O.2H2/c1-5-17(18-8-6-7-14(18)3)12-16-10-9-13(2)15(4)11-16;1-6-3-2-4-7(5-6)8(9,10)11;1-2-3;1-2;;/h9-11,14,18H,1,6-8,12H2,2-4H3;2-5H,1H3;2H,1H3;1H2;2*1H/t14?,18-;;;;;/m1...../s1. The number of benzene rings is 2. The van der Waals surface area contributed by atoms with Gasteiger partial charge in [0.05, 0.1) is 5.56 Å². The predicted molar refractivity (Wildman–Crippen MR) is 138 cm³/mol. The maximum atomic E-state index is 12.0. The van der Waals surface area contributed by atoms with Crippen molar-refractivity contribution in [1.29, 1.82) is 0 Å². The van der Waals surface area contributed by atoms with Crippen LogP contribution in [-0.4, -0.2) is 13.1 Å². The Bertz CT molecular complexity index is 952. The minimum absolute atomic E-state index is 0. The average Bonchev–Trinajstić information content (AvgIpc) is 3.22. The van der Waals surface area contributed by atoms with Gasteiger partial charge in [0.2, 0.25) is 0 Å². The Morgan fingerprint density at radius 3 is 2.12 bits per heavy atom. The lowest BCUT2D eigenvalue weighted by Crippen LogP contribution is -2.09. The van der Waals surface area contributed by atoms with Crippen LogP contribution in [0.5, 0.6) is 0 Å². The van der Waals surface area contributed by atoms with E-state index in [2.05, 4.69) is 51.3 Å². The molecule has 1 aliphatic rings. The monoisotopic (exact) mass is 478 g/mol. The van der Waals surface area contributed by atoms with E-state index in [9.17, 15) is 13.2 Å². The van der Waals surface area contributed by atoms with Crippen LogP contribution in [0.25, 0.3) is 0 Å². The molecule has 2 atom stereocenters. The number of hydrogen-bond donors (Lipinski definition) is 0. The molecule has 0 aromatic heterocycles. The predicted octanol–water partition coefficient (Wildman–Crippen LogP) is 8.52. The molecule has 5 heteroatoms. The Morgan fingerprint density at radius 2 is 1.71 bits per heavy atom. The second-order valence-corrected chi connectivity index (χ2v) is 8.42. The van der Waals surface area contributed by atoms with Gasteiger partial charge in [-0.15, -0.1) is 5.73 Å². The van der Waals surface area contributed by atoms with Crippen molar-refractivity contribution in [2.75, 3.05) is 0 Å². The van der Waals surface area contributed by atoms with Crippen molar-refractivity contribution in [3.05, 3.63) is 88.2 Å².